The third-order valence-electron chi connectivity index (χ3n) is 5.31. The van der Waals surface area contributed by atoms with Crippen LogP contribution in [0.25, 0.3) is 16.6 Å². The molecule has 0 spiro atoms. The number of aryl methyl sites for hydroxylation is 2. The van der Waals surface area contributed by atoms with Crippen molar-refractivity contribution < 1.29 is 4.79 Å². The van der Waals surface area contributed by atoms with Gasteiger partial charge in [-0.25, -0.2) is 14.6 Å². The third-order valence-corrected chi connectivity index (χ3v) is 5.31. The lowest BCUT2D eigenvalue weighted by atomic mass is 10.1. The molecular weight excluding hydrogens is 392 g/mol. The molecule has 4 rings (SSSR count). The lowest BCUT2D eigenvalue weighted by Crippen LogP contribution is -2.27. The second kappa shape index (κ2) is 8.91. The van der Waals surface area contributed by atoms with Crippen LogP contribution < -0.4 is 10.9 Å². The van der Waals surface area contributed by atoms with E-state index in [1.165, 1.54) is 6.33 Å². The molecule has 0 aliphatic rings. The molecular formula is C23H24N6O2. The number of carbonyl (C=O) groups excluding carboxylic acids is 1. The van der Waals surface area contributed by atoms with Crippen molar-refractivity contribution in [1.29, 1.82) is 0 Å². The predicted octanol–water partition coefficient (Wildman–Crippen LogP) is 2.94. The number of carbonyl (C=O) groups is 1. The van der Waals surface area contributed by atoms with Crippen molar-refractivity contribution in [3.63, 3.8) is 0 Å². The zero-order chi connectivity index (χ0) is 21.8. The van der Waals surface area contributed by atoms with Crippen molar-refractivity contribution in [3.05, 3.63) is 82.9 Å². The first-order chi connectivity index (χ1) is 15.0. The summed E-state index contributed by atoms with van der Waals surface area (Å²) in [5, 5.41) is 7.72. The Balaban J connectivity index is 1.32. The van der Waals surface area contributed by atoms with Crippen LogP contribution in [0.2, 0.25) is 0 Å². The van der Waals surface area contributed by atoms with E-state index < -0.39 is 0 Å². The fourth-order valence-corrected chi connectivity index (χ4v) is 3.56. The molecule has 1 amide bonds. The molecule has 0 aliphatic carbocycles. The van der Waals surface area contributed by atoms with Crippen LogP contribution in [0.5, 0.6) is 0 Å². The molecule has 0 bridgehead atoms. The van der Waals surface area contributed by atoms with Crippen molar-refractivity contribution >= 4 is 16.8 Å². The Morgan fingerprint density at radius 3 is 2.68 bits per heavy atom. The smallest absolute Gasteiger partial charge is 0.261 e. The van der Waals surface area contributed by atoms with Crippen LogP contribution in [0, 0.1) is 6.92 Å². The highest BCUT2D eigenvalue weighted by Gasteiger charge is 2.11. The summed E-state index contributed by atoms with van der Waals surface area (Å²) in [7, 11) is 0. The molecule has 158 valence electrons. The number of hydrogen-bond donors (Lipinski definition) is 1. The maximum atomic E-state index is 12.6. The van der Waals surface area contributed by atoms with E-state index in [0.29, 0.717) is 24.8 Å². The third kappa shape index (κ3) is 4.53. The van der Waals surface area contributed by atoms with Crippen LogP contribution in [-0.2, 0) is 11.3 Å². The summed E-state index contributed by atoms with van der Waals surface area (Å²) in [5.41, 5.74) is 3.54. The summed E-state index contributed by atoms with van der Waals surface area (Å²) in [4.78, 5) is 33.4. The van der Waals surface area contributed by atoms with Crippen LogP contribution >= 0.6 is 0 Å². The molecule has 31 heavy (non-hydrogen) atoms. The molecule has 0 aliphatic heterocycles. The molecule has 2 aromatic carbocycles. The molecule has 0 saturated heterocycles. The average molecular weight is 416 g/mol. The highest BCUT2D eigenvalue weighted by atomic mass is 16.1. The van der Waals surface area contributed by atoms with E-state index in [2.05, 4.69) is 20.4 Å². The lowest BCUT2D eigenvalue weighted by molar-refractivity contribution is -0.121. The molecule has 1 atom stereocenters. The van der Waals surface area contributed by atoms with E-state index >= 15 is 0 Å². The second-order valence-corrected chi connectivity index (χ2v) is 7.54. The standard InChI is InChI=1S/C23H24N6O2/c1-16-5-3-6-20-22(16)25-15-28(23(20)31)12-4-7-21(30)27-17(2)18-8-10-19(11-9-18)29-14-24-13-26-29/h3,5-6,8-11,13-15,17H,4,7,12H2,1-2H3,(H,27,30). The van der Waals surface area contributed by atoms with Gasteiger partial charge >= 0.3 is 0 Å². The van der Waals surface area contributed by atoms with Crippen LogP contribution in [0.4, 0.5) is 0 Å². The molecule has 1 unspecified atom stereocenters. The first-order valence-corrected chi connectivity index (χ1v) is 10.2. The van der Waals surface area contributed by atoms with E-state index in [1.54, 1.807) is 28.0 Å². The minimum absolute atomic E-state index is 0.0505. The van der Waals surface area contributed by atoms with Crippen molar-refractivity contribution in [1.82, 2.24) is 29.6 Å². The topological polar surface area (TPSA) is 94.7 Å². The van der Waals surface area contributed by atoms with E-state index in [4.69, 9.17) is 0 Å². The fourth-order valence-electron chi connectivity index (χ4n) is 3.56. The Kier molecular flexibility index (Phi) is 5.88. The van der Waals surface area contributed by atoms with Gasteiger partial charge in [-0.15, -0.1) is 0 Å². The van der Waals surface area contributed by atoms with Gasteiger partial charge in [-0.05, 0) is 49.6 Å². The molecule has 2 aromatic heterocycles. The van der Waals surface area contributed by atoms with Gasteiger partial charge < -0.3 is 5.32 Å². The Bertz CT molecular complexity index is 1250. The largest absolute Gasteiger partial charge is 0.350 e. The highest BCUT2D eigenvalue weighted by molar-refractivity contribution is 5.80. The molecule has 8 heteroatoms. The van der Waals surface area contributed by atoms with E-state index in [-0.39, 0.29) is 17.5 Å². The number of amides is 1. The minimum Gasteiger partial charge on any atom is -0.350 e. The molecule has 2 heterocycles. The summed E-state index contributed by atoms with van der Waals surface area (Å²) >= 11 is 0. The van der Waals surface area contributed by atoms with Gasteiger partial charge in [0.05, 0.1) is 29.0 Å². The van der Waals surface area contributed by atoms with Crippen LogP contribution in [-0.4, -0.2) is 30.2 Å². The van der Waals surface area contributed by atoms with E-state index in [9.17, 15) is 9.59 Å². The quantitative estimate of drug-likeness (QED) is 0.500. The van der Waals surface area contributed by atoms with Gasteiger partial charge in [-0.3, -0.25) is 14.2 Å². The summed E-state index contributed by atoms with van der Waals surface area (Å²) in [6.07, 6.45) is 5.58. The first-order valence-electron chi connectivity index (χ1n) is 10.2. The Morgan fingerprint density at radius 2 is 1.94 bits per heavy atom. The maximum absolute atomic E-state index is 12.6. The normalized spacial score (nSPS) is 12.1. The van der Waals surface area contributed by atoms with E-state index in [0.717, 1.165) is 22.3 Å². The molecule has 0 radical (unpaired) electrons. The Hall–Kier alpha value is -3.81. The number of fused-ring (bicyclic) bond motifs is 1. The minimum atomic E-state index is -0.120. The second-order valence-electron chi connectivity index (χ2n) is 7.54. The fraction of sp³-hybridized carbons (Fsp3) is 0.261. The number of hydrogen-bond acceptors (Lipinski definition) is 5. The number of aromatic nitrogens is 5. The Morgan fingerprint density at radius 1 is 1.13 bits per heavy atom. The summed E-state index contributed by atoms with van der Waals surface area (Å²) < 4.78 is 3.25. The molecule has 8 nitrogen and oxygen atoms in total. The van der Waals surface area contributed by atoms with Crippen LogP contribution in [0.1, 0.15) is 36.9 Å². The number of nitrogens with zero attached hydrogens (tertiary/aromatic N) is 5. The first kappa shape index (κ1) is 20.5. The zero-order valence-electron chi connectivity index (χ0n) is 17.5. The Labute approximate surface area is 179 Å². The number of rotatable bonds is 7. The number of benzene rings is 2. The van der Waals surface area contributed by atoms with Gasteiger partial charge in [-0.2, -0.15) is 5.10 Å². The molecule has 4 aromatic rings. The summed E-state index contributed by atoms with van der Waals surface area (Å²) in [6, 6.07) is 13.3. The van der Waals surface area contributed by atoms with Gasteiger partial charge in [0.2, 0.25) is 5.91 Å². The van der Waals surface area contributed by atoms with Crippen molar-refractivity contribution in [2.45, 2.75) is 39.3 Å². The van der Waals surface area contributed by atoms with Crippen LogP contribution in [0.15, 0.2) is 66.2 Å². The molecule has 1 N–H and O–H groups in total. The molecule has 0 saturated carbocycles. The monoisotopic (exact) mass is 416 g/mol. The summed E-state index contributed by atoms with van der Waals surface area (Å²) in [5.74, 6) is -0.0505. The highest BCUT2D eigenvalue weighted by Crippen LogP contribution is 2.16. The van der Waals surface area contributed by atoms with Gasteiger partial charge in [0.25, 0.3) is 5.56 Å². The number of nitrogens with one attached hydrogen (secondary N) is 1. The number of para-hydroxylation sites is 1. The molecule has 0 fully saturated rings. The van der Waals surface area contributed by atoms with Crippen molar-refractivity contribution in [2.24, 2.45) is 0 Å². The lowest BCUT2D eigenvalue weighted by Gasteiger charge is -2.15. The maximum Gasteiger partial charge on any atom is 0.261 e. The predicted molar refractivity (Wildman–Crippen MR) is 118 cm³/mol. The van der Waals surface area contributed by atoms with Gasteiger partial charge in [0, 0.05) is 13.0 Å². The van der Waals surface area contributed by atoms with Crippen molar-refractivity contribution in [2.75, 3.05) is 0 Å². The van der Waals surface area contributed by atoms with E-state index in [1.807, 2.05) is 50.2 Å². The van der Waals surface area contributed by atoms with Gasteiger partial charge in [-0.1, -0.05) is 24.3 Å². The SMILES string of the molecule is Cc1cccc2c(=O)n(CCCC(=O)NC(C)c3ccc(-n4cncn4)cc3)cnc12. The zero-order valence-corrected chi connectivity index (χ0v) is 17.5. The average Bonchev–Trinajstić information content (AvgIpc) is 3.31. The van der Waals surface area contributed by atoms with Gasteiger partial charge in [0.1, 0.15) is 12.7 Å². The van der Waals surface area contributed by atoms with Crippen LogP contribution in [0.3, 0.4) is 0 Å². The summed E-state index contributed by atoms with van der Waals surface area (Å²) in [6.45, 7) is 4.33. The van der Waals surface area contributed by atoms with Gasteiger partial charge in [0.15, 0.2) is 0 Å². The van der Waals surface area contributed by atoms with Crippen molar-refractivity contribution in [3.8, 4) is 5.69 Å².